The average molecular weight is 387 g/mol. The van der Waals surface area contributed by atoms with Crippen molar-refractivity contribution in [2.24, 2.45) is 0 Å². The maximum Gasteiger partial charge on any atom is 0.218 e. The van der Waals surface area contributed by atoms with Crippen molar-refractivity contribution in [1.82, 2.24) is 19.9 Å². The summed E-state index contributed by atoms with van der Waals surface area (Å²) >= 11 is 0. The van der Waals surface area contributed by atoms with Gasteiger partial charge in [-0.05, 0) is 29.3 Å². The summed E-state index contributed by atoms with van der Waals surface area (Å²) in [6, 6.07) is 7.09. The van der Waals surface area contributed by atoms with Crippen molar-refractivity contribution in [2.75, 3.05) is 12.4 Å². The minimum Gasteiger partial charge on any atom is -0.481 e. The van der Waals surface area contributed by atoms with Crippen LogP contribution in [-0.2, 0) is 13.0 Å². The van der Waals surface area contributed by atoms with E-state index in [1.165, 1.54) is 13.2 Å². The monoisotopic (exact) mass is 387 g/mol. The van der Waals surface area contributed by atoms with E-state index >= 15 is 0 Å². The molecular formula is C22H18FN5O. The van der Waals surface area contributed by atoms with E-state index in [0.29, 0.717) is 30.2 Å². The molecule has 0 radical (unpaired) electrons. The number of hydrogen-bond donors (Lipinski definition) is 2. The average Bonchev–Trinajstić information content (AvgIpc) is 3.16. The first kappa shape index (κ1) is 18.4. The summed E-state index contributed by atoms with van der Waals surface area (Å²) in [5.41, 5.74) is 4.31. The van der Waals surface area contributed by atoms with Gasteiger partial charge in [0.15, 0.2) is 0 Å². The third kappa shape index (κ3) is 3.87. The maximum atomic E-state index is 13.4. The molecule has 6 nitrogen and oxygen atoms in total. The number of nitrogens with one attached hydrogen (secondary N) is 2. The molecule has 0 spiro atoms. The Bertz CT molecular complexity index is 1190. The molecule has 0 aliphatic carbocycles. The van der Waals surface area contributed by atoms with E-state index in [9.17, 15) is 4.39 Å². The van der Waals surface area contributed by atoms with Crippen LogP contribution in [0.2, 0.25) is 0 Å². The summed E-state index contributed by atoms with van der Waals surface area (Å²) in [7, 11) is 1.50. The summed E-state index contributed by atoms with van der Waals surface area (Å²) in [5.74, 6) is 3.35. The van der Waals surface area contributed by atoms with Gasteiger partial charge in [-0.1, -0.05) is 12.0 Å². The molecule has 29 heavy (non-hydrogen) atoms. The van der Waals surface area contributed by atoms with Crippen LogP contribution in [0.4, 0.5) is 10.2 Å². The Morgan fingerprint density at radius 1 is 1.17 bits per heavy atom. The van der Waals surface area contributed by atoms with Gasteiger partial charge in [0.05, 0.1) is 13.3 Å². The molecule has 0 saturated carbocycles. The molecule has 4 heterocycles. The molecule has 144 valence electrons. The van der Waals surface area contributed by atoms with Crippen LogP contribution in [0, 0.1) is 18.2 Å². The lowest BCUT2D eigenvalue weighted by atomic mass is 10.0. The first-order chi connectivity index (χ1) is 14.2. The van der Waals surface area contributed by atoms with Gasteiger partial charge < -0.3 is 15.0 Å². The molecule has 0 fully saturated rings. The smallest absolute Gasteiger partial charge is 0.218 e. The molecule has 0 aliphatic heterocycles. The largest absolute Gasteiger partial charge is 0.481 e. The Morgan fingerprint density at radius 2 is 2.07 bits per heavy atom. The minimum absolute atomic E-state index is 0.347. The summed E-state index contributed by atoms with van der Waals surface area (Å²) in [6.07, 6.45) is 12.8. The van der Waals surface area contributed by atoms with Crippen LogP contribution in [0.25, 0.3) is 11.0 Å². The van der Waals surface area contributed by atoms with Crippen molar-refractivity contribution in [1.29, 1.82) is 0 Å². The highest BCUT2D eigenvalue weighted by molar-refractivity contribution is 5.86. The van der Waals surface area contributed by atoms with Gasteiger partial charge >= 0.3 is 0 Å². The fourth-order valence-electron chi connectivity index (χ4n) is 3.20. The topological polar surface area (TPSA) is 75.7 Å². The quantitative estimate of drug-likeness (QED) is 0.494. The number of rotatable bonds is 6. The molecule has 4 aromatic heterocycles. The first-order valence-corrected chi connectivity index (χ1v) is 8.96. The van der Waals surface area contributed by atoms with Gasteiger partial charge in [-0.3, -0.25) is 0 Å². The number of ether oxygens (including phenoxy) is 1. The van der Waals surface area contributed by atoms with Gasteiger partial charge in [-0.15, -0.1) is 6.42 Å². The van der Waals surface area contributed by atoms with E-state index in [1.54, 1.807) is 12.4 Å². The molecule has 0 saturated heterocycles. The number of terminal acetylenes is 1. The molecule has 0 aliphatic rings. The second-order valence-electron chi connectivity index (χ2n) is 6.44. The molecular weight excluding hydrogens is 369 g/mol. The third-order valence-corrected chi connectivity index (χ3v) is 4.58. The second kappa shape index (κ2) is 7.98. The van der Waals surface area contributed by atoms with Crippen molar-refractivity contribution in [3.63, 3.8) is 0 Å². The van der Waals surface area contributed by atoms with E-state index in [0.717, 1.165) is 33.9 Å². The predicted molar refractivity (Wildman–Crippen MR) is 109 cm³/mol. The van der Waals surface area contributed by atoms with Gasteiger partial charge in [-0.25, -0.2) is 19.3 Å². The Balaban J connectivity index is 1.48. The second-order valence-corrected chi connectivity index (χ2v) is 6.44. The van der Waals surface area contributed by atoms with Crippen LogP contribution in [0.1, 0.15) is 22.3 Å². The number of nitrogens with zero attached hydrogens (tertiary/aromatic N) is 3. The van der Waals surface area contributed by atoms with Crippen LogP contribution < -0.4 is 10.1 Å². The van der Waals surface area contributed by atoms with Crippen molar-refractivity contribution < 1.29 is 9.13 Å². The zero-order chi connectivity index (χ0) is 20.2. The van der Waals surface area contributed by atoms with E-state index in [-0.39, 0.29) is 0 Å². The molecule has 0 aromatic carbocycles. The van der Waals surface area contributed by atoms with E-state index in [4.69, 9.17) is 11.2 Å². The fourth-order valence-corrected chi connectivity index (χ4v) is 3.20. The Hall–Kier alpha value is -3.92. The Kier molecular flexibility index (Phi) is 5.08. The van der Waals surface area contributed by atoms with Crippen LogP contribution >= 0.6 is 0 Å². The third-order valence-electron chi connectivity index (χ3n) is 4.58. The van der Waals surface area contributed by atoms with Crippen LogP contribution in [0.15, 0.2) is 49.1 Å². The zero-order valence-electron chi connectivity index (χ0n) is 15.7. The number of aromatic nitrogens is 4. The minimum atomic E-state index is -0.412. The molecule has 2 N–H and O–H groups in total. The SMILES string of the molecule is C#Cc1ccnc2[nH]cc(Cc3ccc(NCc4cc(F)cnc4OC)nc3)c12. The summed E-state index contributed by atoms with van der Waals surface area (Å²) in [4.78, 5) is 15.8. The number of aromatic amines is 1. The lowest BCUT2D eigenvalue weighted by molar-refractivity contribution is 0.391. The van der Waals surface area contributed by atoms with Crippen molar-refractivity contribution in [2.45, 2.75) is 13.0 Å². The highest BCUT2D eigenvalue weighted by Crippen LogP contribution is 2.23. The molecule has 0 unspecified atom stereocenters. The van der Waals surface area contributed by atoms with E-state index in [2.05, 4.69) is 31.2 Å². The number of anilines is 1. The first-order valence-electron chi connectivity index (χ1n) is 8.96. The van der Waals surface area contributed by atoms with Crippen molar-refractivity contribution in [3.05, 3.63) is 77.1 Å². The number of fused-ring (bicyclic) bond motifs is 1. The number of methoxy groups -OCH3 is 1. The lowest BCUT2D eigenvalue weighted by Crippen LogP contribution is -2.05. The van der Waals surface area contributed by atoms with Crippen molar-refractivity contribution in [3.8, 4) is 18.2 Å². The number of pyridine rings is 3. The number of H-pyrrole nitrogens is 1. The zero-order valence-corrected chi connectivity index (χ0v) is 15.7. The maximum absolute atomic E-state index is 13.4. The molecule has 0 amide bonds. The summed E-state index contributed by atoms with van der Waals surface area (Å²) in [6.45, 7) is 0.347. The molecule has 0 bridgehead atoms. The van der Waals surface area contributed by atoms with Gasteiger partial charge in [0.1, 0.15) is 17.3 Å². The Morgan fingerprint density at radius 3 is 2.83 bits per heavy atom. The lowest BCUT2D eigenvalue weighted by Gasteiger charge is -2.10. The van der Waals surface area contributed by atoms with Gasteiger partial charge in [0, 0.05) is 48.1 Å². The van der Waals surface area contributed by atoms with Crippen LogP contribution in [-0.4, -0.2) is 27.0 Å². The molecule has 4 aromatic rings. The predicted octanol–water partition coefficient (Wildman–Crippen LogP) is 3.68. The molecule has 4 rings (SSSR count). The molecule has 0 atom stereocenters. The van der Waals surface area contributed by atoms with Crippen molar-refractivity contribution >= 4 is 16.9 Å². The van der Waals surface area contributed by atoms with Crippen LogP contribution in [0.3, 0.4) is 0 Å². The fraction of sp³-hybridized carbons (Fsp3) is 0.136. The highest BCUT2D eigenvalue weighted by atomic mass is 19.1. The normalized spacial score (nSPS) is 10.7. The van der Waals surface area contributed by atoms with E-state index < -0.39 is 5.82 Å². The van der Waals surface area contributed by atoms with Crippen LogP contribution in [0.5, 0.6) is 5.88 Å². The van der Waals surface area contributed by atoms with Gasteiger partial charge in [-0.2, -0.15) is 0 Å². The molecule has 7 heteroatoms. The standard InChI is InChI=1S/C22H18FN5O/c1-3-15-6-7-24-21-20(15)16(11-27-21)8-14-4-5-19(25-10-14)26-12-17-9-18(23)13-28-22(17)29-2/h1,4-7,9-11,13H,8,12H2,2H3,(H,24,27)(H,25,26). The van der Waals surface area contributed by atoms with E-state index in [1.807, 2.05) is 24.4 Å². The highest BCUT2D eigenvalue weighted by Gasteiger charge is 2.10. The van der Waals surface area contributed by atoms with Gasteiger partial charge in [0.25, 0.3) is 0 Å². The number of halogens is 1. The summed E-state index contributed by atoms with van der Waals surface area (Å²) < 4.78 is 18.6. The number of hydrogen-bond acceptors (Lipinski definition) is 5. The Labute approximate surface area is 167 Å². The summed E-state index contributed by atoms with van der Waals surface area (Å²) in [5, 5.41) is 4.12. The van der Waals surface area contributed by atoms with Gasteiger partial charge in [0.2, 0.25) is 5.88 Å².